The Balaban J connectivity index is 0.000000408. The van der Waals surface area contributed by atoms with Crippen molar-refractivity contribution in [2.45, 2.75) is 57.4 Å². The molecular weight excluding hydrogens is 554 g/mol. The van der Waals surface area contributed by atoms with Gasteiger partial charge >= 0.3 is 5.97 Å². The molecule has 41 heavy (non-hydrogen) atoms. The number of halogens is 4. The number of piperidine rings is 1. The first-order valence-electron chi connectivity index (χ1n) is 13.3. The topological polar surface area (TPSA) is 142 Å². The van der Waals surface area contributed by atoms with Crippen molar-refractivity contribution in [2.75, 3.05) is 33.3 Å². The van der Waals surface area contributed by atoms with Gasteiger partial charge in [-0.2, -0.15) is 8.78 Å². The number of amides is 2. The molecule has 0 radical (unpaired) electrons. The van der Waals surface area contributed by atoms with Crippen LogP contribution < -0.4 is 15.4 Å². The Kier molecular flexibility index (Phi) is 13.7. The van der Waals surface area contributed by atoms with Crippen molar-refractivity contribution < 1.29 is 51.4 Å². The third kappa shape index (κ3) is 11.1. The van der Waals surface area contributed by atoms with E-state index in [9.17, 15) is 41.5 Å². The molecule has 1 atom stereocenters. The number of ether oxygens (including phenoxy) is 1. The van der Waals surface area contributed by atoms with Gasteiger partial charge in [-0.05, 0) is 45.3 Å². The van der Waals surface area contributed by atoms with E-state index in [0.717, 1.165) is 12.3 Å². The lowest BCUT2D eigenvalue weighted by Gasteiger charge is -2.29. The van der Waals surface area contributed by atoms with Crippen LogP contribution in [0.4, 0.5) is 17.6 Å². The number of benzene rings is 1. The molecule has 2 aliphatic rings. The third-order valence-electron chi connectivity index (χ3n) is 7.04. The molecule has 1 aromatic rings. The highest BCUT2D eigenvalue weighted by atomic mass is 19.2. The Labute approximate surface area is 234 Å². The summed E-state index contributed by atoms with van der Waals surface area (Å²) < 4.78 is 58.2. The summed E-state index contributed by atoms with van der Waals surface area (Å²) in [5, 5.41) is 13.8. The molecule has 14 heteroatoms. The van der Waals surface area contributed by atoms with Crippen LogP contribution in [-0.4, -0.2) is 79.2 Å². The Hall–Kier alpha value is -3.55. The number of carboxylic acid groups (broad SMARTS) is 1. The van der Waals surface area contributed by atoms with Gasteiger partial charge in [-0.1, -0.05) is 25.7 Å². The molecule has 1 aliphatic heterocycles. The molecule has 0 aromatic heterocycles. The number of carboxylic acids is 1. The van der Waals surface area contributed by atoms with Crippen LogP contribution >= 0.6 is 0 Å². The number of carbonyl (C=O) groups is 5. The molecule has 0 bridgehead atoms. The third-order valence-corrected chi connectivity index (χ3v) is 7.04. The Morgan fingerprint density at radius 1 is 1.05 bits per heavy atom. The number of hydrogen-bond donors (Lipinski definition) is 3. The Morgan fingerprint density at radius 2 is 1.63 bits per heavy atom. The van der Waals surface area contributed by atoms with Gasteiger partial charge in [0.05, 0.1) is 6.42 Å². The molecule has 10 nitrogen and oxygen atoms in total. The lowest BCUT2D eigenvalue weighted by atomic mass is 9.95. The second-order valence-corrected chi connectivity index (χ2v) is 10.1. The number of ketones is 1. The maximum atomic E-state index is 13.6. The highest BCUT2D eigenvalue weighted by Crippen LogP contribution is 2.27. The fourth-order valence-corrected chi connectivity index (χ4v) is 4.64. The minimum atomic E-state index is -1.83. The number of nitrogens with zero attached hydrogens (tertiary/aromatic N) is 1. The van der Waals surface area contributed by atoms with Crippen molar-refractivity contribution in [3.05, 3.63) is 29.3 Å². The molecule has 1 saturated heterocycles. The molecule has 1 unspecified atom stereocenters. The van der Waals surface area contributed by atoms with Gasteiger partial charge in [0.15, 0.2) is 23.2 Å². The zero-order valence-electron chi connectivity index (χ0n) is 22.7. The first kappa shape index (κ1) is 33.7. The number of aldehydes is 1. The van der Waals surface area contributed by atoms with Crippen LogP contribution in [-0.2, 0) is 24.0 Å². The fraction of sp³-hybridized carbons (Fsp3) is 0.593. The SMILES string of the molecule is CN1CCC(C(=O)NC(CC(=O)O)C(=O)COc2c(F)c(F)cc(F)c2F)CC1.O=CC(=O)NCCC1CCCC1. The van der Waals surface area contributed by atoms with Gasteiger partial charge in [-0.3, -0.25) is 24.0 Å². The fourth-order valence-electron chi connectivity index (χ4n) is 4.64. The van der Waals surface area contributed by atoms with Crippen LogP contribution in [0.3, 0.4) is 0 Å². The maximum absolute atomic E-state index is 13.6. The molecule has 1 aliphatic carbocycles. The summed E-state index contributed by atoms with van der Waals surface area (Å²) in [5.41, 5.74) is 0. The van der Waals surface area contributed by atoms with Gasteiger partial charge in [0.25, 0.3) is 5.91 Å². The summed E-state index contributed by atoms with van der Waals surface area (Å²) in [6.45, 7) is 0.871. The highest BCUT2D eigenvalue weighted by Gasteiger charge is 2.30. The van der Waals surface area contributed by atoms with Crippen LogP contribution in [0.1, 0.15) is 51.4 Å². The maximum Gasteiger partial charge on any atom is 0.305 e. The standard InChI is InChI=1S/C18H20F4N2O5.C9H15NO2/c1-24-4-2-9(3-5-24)18(28)23-12(7-14(26)27)13(25)8-29-17-15(21)10(19)6-11(20)16(17)22;11-7-9(12)10-6-5-8-3-1-2-4-8/h6,9,12H,2-5,7-8H2,1H3,(H,23,28)(H,26,27);7-8H,1-6H2,(H,10,12). The number of aliphatic carboxylic acids is 1. The molecule has 3 N–H and O–H groups in total. The van der Waals surface area contributed by atoms with Crippen LogP contribution in [0.15, 0.2) is 6.07 Å². The van der Waals surface area contributed by atoms with Gasteiger partial charge in [0, 0.05) is 18.5 Å². The van der Waals surface area contributed by atoms with Crippen molar-refractivity contribution in [1.82, 2.24) is 15.5 Å². The monoisotopic (exact) mass is 589 g/mol. The average molecular weight is 590 g/mol. The first-order chi connectivity index (χ1) is 19.4. The molecule has 2 amide bonds. The number of Topliss-reactive ketones (excluding diaryl/α,β-unsaturated/α-hetero) is 1. The molecule has 3 rings (SSSR count). The van der Waals surface area contributed by atoms with E-state index in [1.54, 1.807) is 0 Å². The lowest BCUT2D eigenvalue weighted by molar-refractivity contribution is -0.141. The predicted molar refractivity (Wildman–Crippen MR) is 137 cm³/mol. The second kappa shape index (κ2) is 16.7. The Bertz CT molecular complexity index is 1060. The normalized spacial score (nSPS) is 16.7. The Morgan fingerprint density at radius 3 is 2.17 bits per heavy atom. The van der Waals surface area contributed by atoms with Crippen LogP contribution in [0.2, 0.25) is 0 Å². The summed E-state index contributed by atoms with van der Waals surface area (Å²) in [6, 6.07) is -1.54. The van der Waals surface area contributed by atoms with Gasteiger partial charge < -0.3 is 25.4 Å². The predicted octanol–water partition coefficient (Wildman–Crippen LogP) is 2.37. The van der Waals surface area contributed by atoms with E-state index < -0.39 is 77.6 Å². The van der Waals surface area contributed by atoms with Crippen molar-refractivity contribution in [3.8, 4) is 5.75 Å². The summed E-state index contributed by atoms with van der Waals surface area (Å²) in [7, 11) is 1.88. The summed E-state index contributed by atoms with van der Waals surface area (Å²) in [6.07, 6.45) is 6.83. The van der Waals surface area contributed by atoms with Gasteiger partial charge in [0.1, 0.15) is 12.6 Å². The molecule has 1 heterocycles. The molecule has 228 valence electrons. The molecule has 1 aromatic carbocycles. The largest absolute Gasteiger partial charge is 0.481 e. The van der Waals surface area contributed by atoms with Crippen molar-refractivity contribution >= 4 is 29.9 Å². The summed E-state index contributed by atoms with van der Waals surface area (Å²) >= 11 is 0. The quantitative estimate of drug-likeness (QED) is 0.146. The number of likely N-dealkylation sites (tertiary alicyclic amines) is 1. The average Bonchev–Trinajstić information content (AvgIpc) is 3.45. The zero-order chi connectivity index (χ0) is 30.5. The van der Waals surface area contributed by atoms with E-state index in [2.05, 4.69) is 15.4 Å². The zero-order valence-corrected chi connectivity index (χ0v) is 22.7. The van der Waals surface area contributed by atoms with Crippen molar-refractivity contribution in [1.29, 1.82) is 0 Å². The first-order valence-corrected chi connectivity index (χ1v) is 13.3. The van der Waals surface area contributed by atoms with E-state index in [4.69, 9.17) is 5.11 Å². The smallest absolute Gasteiger partial charge is 0.305 e. The molecular formula is C27H35F4N3O7. The second-order valence-electron chi connectivity index (χ2n) is 10.1. The van der Waals surface area contributed by atoms with E-state index >= 15 is 0 Å². The van der Waals surface area contributed by atoms with E-state index in [1.165, 1.54) is 25.7 Å². The van der Waals surface area contributed by atoms with Crippen LogP contribution in [0.25, 0.3) is 0 Å². The summed E-state index contributed by atoms with van der Waals surface area (Å²) in [5.74, 6) is -11.6. The summed E-state index contributed by atoms with van der Waals surface area (Å²) in [4.78, 5) is 58.1. The van der Waals surface area contributed by atoms with E-state index in [-0.39, 0.29) is 6.07 Å². The van der Waals surface area contributed by atoms with E-state index in [0.29, 0.717) is 38.8 Å². The van der Waals surface area contributed by atoms with Crippen molar-refractivity contribution in [3.63, 3.8) is 0 Å². The number of rotatable bonds is 12. The molecule has 1 saturated carbocycles. The van der Waals surface area contributed by atoms with Crippen molar-refractivity contribution in [2.24, 2.45) is 11.8 Å². The number of hydrogen-bond acceptors (Lipinski definition) is 7. The van der Waals surface area contributed by atoms with Crippen LogP contribution in [0.5, 0.6) is 5.75 Å². The highest BCUT2D eigenvalue weighted by molar-refractivity contribution is 6.23. The lowest BCUT2D eigenvalue weighted by Crippen LogP contribution is -2.48. The van der Waals surface area contributed by atoms with Gasteiger partial charge in [-0.15, -0.1) is 0 Å². The molecule has 0 spiro atoms. The van der Waals surface area contributed by atoms with E-state index in [1.807, 2.05) is 11.9 Å². The van der Waals surface area contributed by atoms with Crippen LogP contribution in [0, 0.1) is 35.1 Å². The minimum absolute atomic E-state index is 0.0194. The number of nitrogens with one attached hydrogen (secondary N) is 2. The van der Waals surface area contributed by atoms with Gasteiger partial charge in [0.2, 0.25) is 23.8 Å². The van der Waals surface area contributed by atoms with Gasteiger partial charge in [-0.25, -0.2) is 8.78 Å². The number of carbonyl (C=O) groups excluding carboxylic acids is 4. The minimum Gasteiger partial charge on any atom is -0.481 e. The molecule has 2 fully saturated rings.